The van der Waals surface area contributed by atoms with Crippen molar-refractivity contribution in [1.29, 1.82) is 0 Å². The van der Waals surface area contributed by atoms with Crippen LogP contribution in [0.2, 0.25) is 0 Å². The molecule has 208 valence electrons. The molecule has 0 saturated carbocycles. The number of likely N-dealkylation sites (tertiary alicyclic amines) is 1. The summed E-state index contributed by atoms with van der Waals surface area (Å²) < 4.78 is 12.1. The summed E-state index contributed by atoms with van der Waals surface area (Å²) in [5, 5.41) is 19.3. The van der Waals surface area contributed by atoms with Crippen molar-refractivity contribution in [3.8, 4) is 0 Å². The van der Waals surface area contributed by atoms with E-state index in [9.17, 15) is 19.5 Å². The predicted octanol–water partition coefficient (Wildman–Crippen LogP) is 1.13. The summed E-state index contributed by atoms with van der Waals surface area (Å²) in [5.74, 6) is -3.27. The third-order valence-corrected chi connectivity index (χ3v) is 8.94. The van der Waals surface area contributed by atoms with Crippen LogP contribution >= 0.6 is 0 Å². The molecule has 4 rings (SSSR count). The molecule has 0 aliphatic carbocycles. The lowest BCUT2D eigenvalue weighted by Crippen LogP contribution is -2.57. The van der Waals surface area contributed by atoms with Gasteiger partial charge in [0.1, 0.15) is 17.6 Å². The van der Waals surface area contributed by atoms with Crippen LogP contribution in [-0.2, 0) is 23.9 Å². The molecule has 0 aromatic carbocycles. The molecule has 2 amide bonds. The molecule has 2 bridgehead atoms. The van der Waals surface area contributed by atoms with Crippen LogP contribution in [0.15, 0.2) is 12.7 Å². The number of nitrogens with zero attached hydrogens (tertiary/aromatic N) is 3. The molecule has 10 nitrogen and oxygen atoms in total. The van der Waals surface area contributed by atoms with Crippen LogP contribution in [0, 0.1) is 11.8 Å². The number of aliphatic carboxylic acids is 1. The Bertz CT molecular complexity index is 863. The number of carbonyl (C=O) groups excluding carboxylic acids is 2. The number of carboxylic acid groups (broad SMARTS) is 1. The fourth-order valence-corrected chi connectivity index (χ4v) is 7.07. The molecule has 4 saturated heterocycles. The number of hydrogen-bond acceptors (Lipinski definition) is 7. The van der Waals surface area contributed by atoms with E-state index in [0.717, 1.165) is 25.9 Å². The van der Waals surface area contributed by atoms with Gasteiger partial charge in [-0.2, -0.15) is 0 Å². The van der Waals surface area contributed by atoms with E-state index in [1.54, 1.807) is 15.9 Å². The van der Waals surface area contributed by atoms with Crippen LogP contribution < -0.4 is 0 Å². The first-order valence-corrected chi connectivity index (χ1v) is 13.9. The van der Waals surface area contributed by atoms with Crippen molar-refractivity contribution in [2.24, 2.45) is 11.8 Å². The number of fused-ring (bicyclic) bond motifs is 1. The van der Waals surface area contributed by atoms with Gasteiger partial charge in [-0.05, 0) is 32.1 Å². The van der Waals surface area contributed by atoms with Crippen LogP contribution in [0.25, 0.3) is 0 Å². The van der Waals surface area contributed by atoms with Crippen molar-refractivity contribution in [3.63, 3.8) is 0 Å². The summed E-state index contributed by atoms with van der Waals surface area (Å²) in [6, 6.07) is -0.842. The molecular formula is C27H43N3O7. The lowest BCUT2D eigenvalue weighted by Gasteiger charge is -2.37. The molecule has 4 aliphatic rings. The van der Waals surface area contributed by atoms with Gasteiger partial charge in [-0.1, -0.05) is 25.8 Å². The first kappa shape index (κ1) is 28.0. The monoisotopic (exact) mass is 521 g/mol. The summed E-state index contributed by atoms with van der Waals surface area (Å²) in [5.41, 5.74) is -2.02. The largest absolute Gasteiger partial charge is 0.481 e. The average molecular weight is 522 g/mol. The fraction of sp³-hybridized carbons (Fsp3) is 0.815. The second-order valence-corrected chi connectivity index (χ2v) is 10.9. The van der Waals surface area contributed by atoms with Crippen LogP contribution in [0.5, 0.6) is 0 Å². The number of amides is 2. The Hall–Kier alpha value is -2.01. The highest BCUT2D eigenvalue weighted by Gasteiger charge is 2.78. The zero-order chi connectivity index (χ0) is 26.6. The minimum atomic E-state index is -1.11. The summed E-state index contributed by atoms with van der Waals surface area (Å²) in [6.45, 7) is 10.8. The molecule has 2 unspecified atom stereocenters. The predicted molar refractivity (Wildman–Crippen MR) is 136 cm³/mol. The normalized spacial score (nSPS) is 33.1. The molecule has 0 radical (unpaired) electrons. The van der Waals surface area contributed by atoms with E-state index in [2.05, 4.69) is 11.5 Å². The highest BCUT2D eigenvalue weighted by atomic mass is 16.5. The van der Waals surface area contributed by atoms with E-state index < -0.39 is 35.0 Å². The van der Waals surface area contributed by atoms with Gasteiger partial charge in [0, 0.05) is 45.9 Å². The quantitative estimate of drug-likeness (QED) is 0.258. The van der Waals surface area contributed by atoms with Gasteiger partial charge in [0.25, 0.3) is 0 Å². The third-order valence-electron chi connectivity index (χ3n) is 8.94. The van der Waals surface area contributed by atoms with Crippen molar-refractivity contribution in [3.05, 3.63) is 12.7 Å². The van der Waals surface area contributed by atoms with E-state index in [0.29, 0.717) is 71.5 Å². The van der Waals surface area contributed by atoms with Crippen molar-refractivity contribution in [2.45, 2.75) is 69.1 Å². The maximum Gasteiger partial charge on any atom is 0.310 e. The van der Waals surface area contributed by atoms with E-state index in [1.807, 2.05) is 6.92 Å². The van der Waals surface area contributed by atoms with Gasteiger partial charge in [-0.15, -0.1) is 6.58 Å². The summed E-state index contributed by atoms with van der Waals surface area (Å²) in [4.78, 5) is 46.3. The van der Waals surface area contributed by atoms with Gasteiger partial charge < -0.3 is 29.5 Å². The van der Waals surface area contributed by atoms with Crippen molar-refractivity contribution in [1.82, 2.24) is 14.7 Å². The van der Waals surface area contributed by atoms with Crippen LogP contribution in [-0.4, -0.2) is 119 Å². The minimum absolute atomic E-state index is 0.127. The number of carbonyl (C=O) groups is 3. The number of ether oxygens (including phenoxy) is 2. The molecule has 37 heavy (non-hydrogen) atoms. The van der Waals surface area contributed by atoms with Gasteiger partial charge in [0.15, 0.2) is 0 Å². The molecular weight excluding hydrogens is 478 g/mol. The zero-order valence-corrected chi connectivity index (χ0v) is 22.1. The number of carboxylic acids is 1. The summed E-state index contributed by atoms with van der Waals surface area (Å²) in [7, 11) is 0. The first-order chi connectivity index (χ1) is 17.8. The summed E-state index contributed by atoms with van der Waals surface area (Å²) >= 11 is 0. The third kappa shape index (κ3) is 5.05. The lowest BCUT2D eigenvalue weighted by atomic mass is 9.65. The second kappa shape index (κ2) is 11.8. The Kier molecular flexibility index (Phi) is 8.93. The Labute approximate surface area is 219 Å². The van der Waals surface area contributed by atoms with E-state index >= 15 is 0 Å². The highest BCUT2D eigenvalue weighted by molar-refractivity contribution is 5.98. The molecule has 4 heterocycles. The van der Waals surface area contributed by atoms with E-state index in [-0.39, 0.29) is 18.4 Å². The van der Waals surface area contributed by atoms with Gasteiger partial charge in [0.05, 0.1) is 24.7 Å². The number of unbranched alkanes of at least 4 members (excludes halogenated alkanes) is 3. The maximum absolute atomic E-state index is 14.3. The van der Waals surface area contributed by atoms with Crippen LogP contribution in [0.3, 0.4) is 0 Å². The molecule has 0 aromatic rings. The van der Waals surface area contributed by atoms with Crippen LogP contribution in [0.4, 0.5) is 0 Å². The molecule has 0 aromatic heterocycles. The number of rotatable bonds is 14. The average Bonchev–Trinajstić information content (AvgIpc) is 3.50. The number of aliphatic hydroxyl groups is 1. The molecule has 4 aliphatic heterocycles. The number of morpholine rings is 1. The Morgan fingerprint density at radius 3 is 2.54 bits per heavy atom. The topological polar surface area (TPSA) is 120 Å². The van der Waals surface area contributed by atoms with E-state index in [4.69, 9.17) is 14.6 Å². The fourth-order valence-electron chi connectivity index (χ4n) is 7.07. The maximum atomic E-state index is 14.3. The molecule has 2 N–H and O–H groups in total. The van der Waals surface area contributed by atoms with E-state index in [1.165, 1.54) is 0 Å². The zero-order valence-electron chi connectivity index (χ0n) is 22.1. The highest BCUT2D eigenvalue weighted by Crippen LogP contribution is 2.64. The lowest BCUT2D eigenvalue weighted by molar-refractivity contribution is -0.157. The van der Waals surface area contributed by atoms with Crippen LogP contribution in [0.1, 0.15) is 51.9 Å². The number of aliphatic hydroxyl groups excluding tert-OH is 1. The van der Waals surface area contributed by atoms with Gasteiger partial charge in [-0.3, -0.25) is 19.3 Å². The Balaban J connectivity index is 1.61. The molecule has 10 heteroatoms. The Morgan fingerprint density at radius 2 is 1.89 bits per heavy atom. The second-order valence-electron chi connectivity index (χ2n) is 10.9. The number of hydrogen-bond donors (Lipinski definition) is 2. The summed E-state index contributed by atoms with van der Waals surface area (Å²) in [6.07, 6.45) is 6.26. The minimum Gasteiger partial charge on any atom is -0.481 e. The standard InChI is InChI=1S/C27H43N3O7/c1-3-11-29(14-13-28-15-18-36-19-16-28)24(33)22-27-10-9-26(4-2,37-27)21(25(34)35)20(27)23(32)30(22)12-7-5-6-8-17-31/h3,20-22,31H,1,4-19H2,2H3,(H,34,35)/t20-,21+,22?,26-,27?/m0/s1. The van der Waals surface area contributed by atoms with Gasteiger partial charge in [0.2, 0.25) is 11.8 Å². The first-order valence-electron chi connectivity index (χ1n) is 13.9. The van der Waals surface area contributed by atoms with Gasteiger partial charge in [-0.25, -0.2) is 0 Å². The molecule has 5 atom stereocenters. The van der Waals surface area contributed by atoms with Crippen molar-refractivity contribution in [2.75, 3.05) is 59.1 Å². The SMILES string of the molecule is C=CCN(CCN1CCOCC1)C(=O)C1N(CCCCCCO)C(=O)[C@@H]2[C@H](C(=O)O)[C@]3(CC)CCC12O3. The molecule has 4 fully saturated rings. The van der Waals surface area contributed by atoms with Crippen molar-refractivity contribution < 1.29 is 34.1 Å². The Morgan fingerprint density at radius 1 is 1.16 bits per heavy atom. The van der Waals surface area contributed by atoms with Gasteiger partial charge >= 0.3 is 5.97 Å². The van der Waals surface area contributed by atoms with Crippen molar-refractivity contribution >= 4 is 17.8 Å². The smallest absolute Gasteiger partial charge is 0.310 e. The molecule has 1 spiro atoms.